The van der Waals surface area contributed by atoms with Gasteiger partial charge in [0.05, 0.1) is 6.10 Å². The van der Waals surface area contributed by atoms with Crippen LogP contribution in [0.15, 0.2) is 36.4 Å². The Morgan fingerprint density at radius 3 is 2.25 bits per heavy atom. The van der Waals surface area contributed by atoms with Crippen LogP contribution in [0.4, 0.5) is 10.1 Å². The number of halogens is 1. The maximum atomic E-state index is 12.8. The molecule has 5 nitrogen and oxygen atoms in total. The van der Waals surface area contributed by atoms with Crippen molar-refractivity contribution in [2.24, 2.45) is 11.3 Å². The van der Waals surface area contributed by atoms with Gasteiger partial charge in [0, 0.05) is 29.8 Å². The lowest BCUT2D eigenvalue weighted by Crippen LogP contribution is -2.43. The number of amides is 2. The Balaban J connectivity index is 2.47. The second kappa shape index (κ2) is 8.59. The lowest BCUT2D eigenvalue weighted by atomic mass is 9.81. The maximum Gasteiger partial charge on any atom is 0.248 e. The molecule has 1 rings (SSSR count). The summed E-state index contributed by atoms with van der Waals surface area (Å²) in [6.45, 7) is 7.84. The first-order valence-electron chi connectivity index (χ1n) is 7.82. The van der Waals surface area contributed by atoms with Crippen LogP contribution in [0.25, 0.3) is 0 Å². The van der Waals surface area contributed by atoms with Gasteiger partial charge in [0.15, 0.2) is 0 Å². The third kappa shape index (κ3) is 6.50. The maximum absolute atomic E-state index is 12.8. The number of carbonyl (C=O) groups is 2. The molecule has 24 heavy (non-hydrogen) atoms. The normalized spacial score (nSPS) is 13.1. The van der Waals surface area contributed by atoms with Crippen molar-refractivity contribution in [3.8, 4) is 0 Å². The molecule has 0 fully saturated rings. The monoisotopic (exact) mass is 336 g/mol. The van der Waals surface area contributed by atoms with Crippen molar-refractivity contribution in [3.05, 3.63) is 42.2 Å². The van der Waals surface area contributed by atoms with E-state index in [0.29, 0.717) is 5.69 Å². The van der Waals surface area contributed by atoms with Crippen LogP contribution >= 0.6 is 0 Å². The number of benzene rings is 1. The van der Waals surface area contributed by atoms with Gasteiger partial charge in [-0.05, 0) is 30.2 Å². The highest BCUT2D eigenvalue weighted by atomic mass is 19.1. The summed E-state index contributed by atoms with van der Waals surface area (Å²) in [5.74, 6) is -1.23. The SMILES string of the molecule is CC(C)C(O)C(C)(C)CNC(=O)/C=C/C(=O)Nc1ccc(F)cc1. The minimum Gasteiger partial charge on any atom is -0.392 e. The summed E-state index contributed by atoms with van der Waals surface area (Å²) in [4.78, 5) is 23.5. The van der Waals surface area contributed by atoms with Crippen LogP contribution in [0.1, 0.15) is 27.7 Å². The molecule has 0 saturated carbocycles. The average Bonchev–Trinajstić information content (AvgIpc) is 2.52. The molecule has 6 heteroatoms. The zero-order valence-electron chi connectivity index (χ0n) is 14.5. The van der Waals surface area contributed by atoms with Gasteiger partial charge >= 0.3 is 0 Å². The highest BCUT2D eigenvalue weighted by Gasteiger charge is 2.30. The highest BCUT2D eigenvalue weighted by molar-refractivity contribution is 6.03. The molecule has 0 bridgehead atoms. The fraction of sp³-hybridized carbons (Fsp3) is 0.444. The molecule has 3 N–H and O–H groups in total. The van der Waals surface area contributed by atoms with Crippen molar-refractivity contribution < 1.29 is 19.1 Å². The number of nitrogens with one attached hydrogen (secondary N) is 2. The van der Waals surface area contributed by atoms with Crippen LogP contribution in [-0.4, -0.2) is 29.6 Å². The molecule has 0 saturated heterocycles. The number of carbonyl (C=O) groups excluding carboxylic acids is 2. The number of aliphatic hydroxyl groups is 1. The lowest BCUT2D eigenvalue weighted by Gasteiger charge is -2.33. The lowest BCUT2D eigenvalue weighted by molar-refractivity contribution is -0.118. The standard InChI is InChI=1S/C18H25FN2O3/c1-12(2)17(24)18(3,4)11-20-15(22)9-10-16(23)21-14-7-5-13(19)6-8-14/h5-10,12,17,24H,11H2,1-4H3,(H,20,22)(H,21,23)/b10-9+. The first-order chi connectivity index (χ1) is 11.1. The first-order valence-corrected chi connectivity index (χ1v) is 7.82. The third-order valence-electron chi connectivity index (χ3n) is 3.65. The average molecular weight is 336 g/mol. The van der Waals surface area contributed by atoms with Crippen molar-refractivity contribution in [1.29, 1.82) is 0 Å². The van der Waals surface area contributed by atoms with Crippen molar-refractivity contribution in [3.63, 3.8) is 0 Å². The molecule has 1 unspecified atom stereocenters. The molecule has 1 atom stereocenters. The number of rotatable bonds is 7. The van der Waals surface area contributed by atoms with E-state index < -0.39 is 29.2 Å². The zero-order chi connectivity index (χ0) is 18.3. The fourth-order valence-electron chi connectivity index (χ4n) is 2.25. The molecule has 132 valence electrons. The summed E-state index contributed by atoms with van der Waals surface area (Å²) < 4.78 is 12.8. The highest BCUT2D eigenvalue weighted by Crippen LogP contribution is 2.24. The molecule has 2 amide bonds. The molecular weight excluding hydrogens is 311 g/mol. The Morgan fingerprint density at radius 2 is 1.71 bits per heavy atom. The third-order valence-corrected chi connectivity index (χ3v) is 3.65. The molecule has 0 radical (unpaired) electrons. The molecule has 1 aromatic carbocycles. The van der Waals surface area contributed by atoms with E-state index in [0.717, 1.165) is 12.2 Å². The number of anilines is 1. The van der Waals surface area contributed by atoms with Gasteiger partial charge in [-0.25, -0.2) is 4.39 Å². The van der Waals surface area contributed by atoms with Crippen LogP contribution in [0.3, 0.4) is 0 Å². The fourth-order valence-corrected chi connectivity index (χ4v) is 2.25. The molecule has 0 aliphatic carbocycles. The van der Waals surface area contributed by atoms with Crippen molar-refractivity contribution in [2.75, 3.05) is 11.9 Å². The first kappa shape index (κ1) is 19.8. The second-order valence-corrected chi connectivity index (χ2v) is 6.72. The van der Waals surface area contributed by atoms with E-state index in [1.807, 2.05) is 27.7 Å². The number of aliphatic hydroxyl groups excluding tert-OH is 1. The van der Waals surface area contributed by atoms with Crippen LogP contribution in [0.5, 0.6) is 0 Å². The van der Waals surface area contributed by atoms with Gasteiger partial charge in [0.1, 0.15) is 5.82 Å². The molecule has 0 aliphatic heterocycles. The van der Waals surface area contributed by atoms with E-state index in [1.165, 1.54) is 24.3 Å². The second-order valence-electron chi connectivity index (χ2n) is 6.72. The predicted molar refractivity (Wildman–Crippen MR) is 91.8 cm³/mol. The molecule has 1 aromatic rings. The van der Waals surface area contributed by atoms with Gasteiger partial charge in [-0.1, -0.05) is 27.7 Å². The van der Waals surface area contributed by atoms with Crippen LogP contribution in [0, 0.1) is 17.2 Å². The molecule has 0 aliphatic rings. The van der Waals surface area contributed by atoms with Crippen LogP contribution in [0.2, 0.25) is 0 Å². The predicted octanol–water partition coefficient (Wildman–Crippen LogP) is 2.48. The van der Waals surface area contributed by atoms with E-state index in [-0.39, 0.29) is 12.5 Å². The minimum absolute atomic E-state index is 0.0777. The van der Waals surface area contributed by atoms with E-state index in [4.69, 9.17) is 0 Å². The van der Waals surface area contributed by atoms with Gasteiger partial charge < -0.3 is 15.7 Å². The Morgan fingerprint density at radius 1 is 1.17 bits per heavy atom. The Hall–Kier alpha value is -2.21. The summed E-state index contributed by atoms with van der Waals surface area (Å²) in [5.41, 5.74) is -0.0405. The minimum atomic E-state index is -0.552. The van der Waals surface area contributed by atoms with Gasteiger partial charge in [0.2, 0.25) is 11.8 Å². The molecule has 0 heterocycles. The molecular formula is C18H25FN2O3. The van der Waals surface area contributed by atoms with Gasteiger partial charge in [-0.3, -0.25) is 9.59 Å². The van der Waals surface area contributed by atoms with Crippen molar-refractivity contribution >= 4 is 17.5 Å². The summed E-state index contributed by atoms with van der Waals surface area (Å²) in [6.07, 6.45) is 1.67. The molecule has 0 spiro atoms. The van der Waals surface area contributed by atoms with Crippen LogP contribution in [-0.2, 0) is 9.59 Å². The van der Waals surface area contributed by atoms with Crippen molar-refractivity contribution in [1.82, 2.24) is 5.32 Å². The number of hydrogen-bond acceptors (Lipinski definition) is 3. The Kier molecular flexibility index (Phi) is 7.10. The van der Waals surface area contributed by atoms with Gasteiger partial charge in [0.25, 0.3) is 0 Å². The summed E-state index contributed by atoms with van der Waals surface area (Å²) in [7, 11) is 0. The van der Waals surface area contributed by atoms with Crippen molar-refractivity contribution in [2.45, 2.75) is 33.8 Å². The topological polar surface area (TPSA) is 78.4 Å². The summed E-state index contributed by atoms with van der Waals surface area (Å²) in [5, 5.41) is 15.3. The van der Waals surface area contributed by atoms with Crippen LogP contribution < -0.4 is 10.6 Å². The molecule has 0 aromatic heterocycles. The van der Waals surface area contributed by atoms with Gasteiger partial charge in [-0.15, -0.1) is 0 Å². The summed E-state index contributed by atoms with van der Waals surface area (Å²) in [6, 6.07) is 5.32. The van der Waals surface area contributed by atoms with E-state index in [1.54, 1.807) is 0 Å². The smallest absolute Gasteiger partial charge is 0.248 e. The zero-order valence-corrected chi connectivity index (χ0v) is 14.5. The van der Waals surface area contributed by atoms with Gasteiger partial charge in [-0.2, -0.15) is 0 Å². The number of hydrogen-bond donors (Lipinski definition) is 3. The van der Waals surface area contributed by atoms with E-state index >= 15 is 0 Å². The summed E-state index contributed by atoms with van der Waals surface area (Å²) >= 11 is 0. The Bertz CT molecular complexity index is 595. The van der Waals surface area contributed by atoms with E-state index in [2.05, 4.69) is 10.6 Å². The Labute approximate surface area is 142 Å². The quantitative estimate of drug-likeness (QED) is 0.669. The largest absolute Gasteiger partial charge is 0.392 e. The van der Waals surface area contributed by atoms with E-state index in [9.17, 15) is 19.1 Å².